The number of aliphatic hydroxyl groups excluding tert-OH is 2. The number of hydrogen-bond donors (Lipinski definition) is 5. The fourth-order valence-corrected chi connectivity index (χ4v) is 13.8. The Bertz CT molecular complexity index is 3080. The van der Waals surface area contributed by atoms with Crippen molar-refractivity contribution < 1.29 is 79.5 Å². The molecule has 4 saturated heterocycles. The number of carbonyl (C=O) groups is 3. The highest BCUT2D eigenvalue weighted by Crippen LogP contribution is 2.35. The number of carbonyl (C=O) groups excluding carboxylic acids is 3. The number of fused-ring (bicyclic) bond motifs is 2. The molecule has 2 saturated carbocycles. The zero-order chi connectivity index (χ0) is 58.5. The van der Waals surface area contributed by atoms with Gasteiger partial charge in [-0.05, 0) is 98.9 Å². The number of aliphatic hydroxyl groups is 2. The average Bonchev–Trinajstić information content (AvgIpc) is 4.51. The summed E-state index contributed by atoms with van der Waals surface area (Å²) in [5.74, 6) is -0.892. The van der Waals surface area contributed by atoms with Crippen LogP contribution in [0.1, 0.15) is 91.3 Å². The zero-order valence-electron chi connectivity index (χ0n) is 45.8. The van der Waals surface area contributed by atoms with E-state index in [2.05, 4.69) is 10.6 Å². The molecule has 23 nitrogen and oxygen atoms in total. The number of nitrogens with one attached hydrogen (secondary N) is 2. The van der Waals surface area contributed by atoms with Gasteiger partial charge in [-0.3, -0.25) is 14.5 Å². The number of alkyl carbamates (subject to hydrolysis) is 2. The number of amides is 3. The van der Waals surface area contributed by atoms with Crippen LogP contribution in [-0.2, 0) is 71.0 Å². The highest BCUT2D eigenvalue weighted by Gasteiger charge is 2.46. The molecule has 10 rings (SSSR count). The molecule has 4 heterocycles. The summed E-state index contributed by atoms with van der Waals surface area (Å²) in [6.07, 6.45) is 1.46. The first kappa shape index (κ1) is 61.4. The lowest BCUT2D eigenvalue weighted by Crippen LogP contribution is -2.51. The summed E-state index contributed by atoms with van der Waals surface area (Å²) in [6, 6.07) is 29.6. The maximum atomic E-state index is 13.8. The number of benzene rings is 4. The van der Waals surface area contributed by atoms with Crippen LogP contribution in [0.3, 0.4) is 0 Å². The summed E-state index contributed by atoms with van der Waals surface area (Å²) in [7, 11) is -8.59. The Kier molecular flexibility index (Phi) is 21.2. The predicted octanol–water partition coefficient (Wildman–Crippen LogP) is 4.99. The molecule has 0 radical (unpaired) electrons. The van der Waals surface area contributed by atoms with E-state index in [4.69, 9.17) is 43.8 Å². The van der Waals surface area contributed by atoms with E-state index >= 15 is 0 Å². The van der Waals surface area contributed by atoms with Crippen molar-refractivity contribution in [3.63, 3.8) is 0 Å². The Morgan fingerprint density at radius 3 is 1.47 bits per heavy atom. The lowest BCUT2D eigenvalue weighted by atomic mass is 10.0. The number of nitrogens with two attached hydrogens (primary N) is 1. The second-order valence-corrected chi connectivity index (χ2v) is 25.1. The van der Waals surface area contributed by atoms with Gasteiger partial charge in [0.1, 0.15) is 12.2 Å². The number of hydroxylamine groups is 2. The van der Waals surface area contributed by atoms with Crippen LogP contribution in [0.15, 0.2) is 119 Å². The van der Waals surface area contributed by atoms with Crippen LogP contribution in [0, 0.1) is 23.2 Å². The van der Waals surface area contributed by atoms with Gasteiger partial charge in [-0.1, -0.05) is 107 Å². The van der Waals surface area contributed by atoms with E-state index in [0.29, 0.717) is 45.3 Å². The Balaban J connectivity index is 0.000000200. The minimum Gasteiger partial charge on any atom is -0.443 e. The van der Waals surface area contributed by atoms with Crippen molar-refractivity contribution in [1.29, 1.82) is 5.26 Å². The van der Waals surface area contributed by atoms with Crippen molar-refractivity contribution in [3.8, 4) is 6.07 Å². The van der Waals surface area contributed by atoms with Crippen molar-refractivity contribution in [1.82, 2.24) is 19.6 Å². The molecule has 2 aliphatic carbocycles. The fourth-order valence-electron chi connectivity index (χ4n) is 11.1. The van der Waals surface area contributed by atoms with Crippen LogP contribution in [0.5, 0.6) is 0 Å². The average molecular weight is 1190 g/mol. The maximum Gasteiger partial charge on any atom is 0.407 e. The van der Waals surface area contributed by atoms with E-state index in [-0.39, 0.29) is 77.3 Å². The van der Waals surface area contributed by atoms with Crippen LogP contribution in [0.2, 0.25) is 0 Å². The molecule has 83 heavy (non-hydrogen) atoms. The molecule has 4 aromatic carbocycles. The Labute approximate surface area is 483 Å². The lowest BCUT2D eigenvalue weighted by Gasteiger charge is -2.31. The Hall–Kier alpha value is -6.12. The molecular formula is C58H72N6O17S2. The van der Waals surface area contributed by atoms with Crippen LogP contribution in [-0.4, -0.2) is 155 Å². The first-order valence-electron chi connectivity index (χ1n) is 28.2. The predicted molar refractivity (Wildman–Crippen MR) is 295 cm³/mol. The minimum atomic E-state index is -4.33. The summed E-state index contributed by atoms with van der Waals surface area (Å²) >= 11 is 0. The highest BCUT2D eigenvalue weighted by molar-refractivity contribution is 7.89. The van der Waals surface area contributed by atoms with E-state index in [1.807, 2.05) is 66.7 Å². The Morgan fingerprint density at radius 1 is 0.602 bits per heavy atom. The van der Waals surface area contributed by atoms with Crippen LogP contribution < -0.4 is 16.4 Å². The van der Waals surface area contributed by atoms with Gasteiger partial charge in [0.2, 0.25) is 5.91 Å². The quantitative estimate of drug-likeness (QED) is 0.0611. The fraction of sp³-hybridized carbons (Fsp3) is 0.517. The van der Waals surface area contributed by atoms with Crippen molar-refractivity contribution >= 4 is 38.1 Å². The summed E-state index contributed by atoms with van der Waals surface area (Å²) in [5.41, 5.74) is 7.23. The number of ether oxygens (including phenoxy) is 6. The number of rotatable bonds is 23. The normalized spacial score (nSPS) is 24.0. The molecule has 0 aromatic heterocycles. The van der Waals surface area contributed by atoms with Crippen LogP contribution >= 0.6 is 0 Å². The molecule has 6 N–H and O–H groups in total. The molecule has 6 aliphatic rings. The van der Waals surface area contributed by atoms with Crippen molar-refractivity contribution in [2.45, 2.75) is 148 Å². The molecule has 10 unspecified atom stereocenters. The van der Waals surface area contributed by atoms with Gasteiger partial charge in [-0.15, -0.1) is 0 Å². The molecule has 4 aliphatic heterocycles. The number of primary amides is 1. The third-order valence-electron chi connectivity index (χ3n) is 15.6. The largest absolute Gasteiger partial charge is 0.443 e. The monoisotopic (exact) mass is 1190 g/mol. The van der Waals surface area contributed by atoms with Crippen LogP contribution in [0.4, 0.5) is 9.59 Å². The third kappa shape index (κ3) is 16.2. The zero-order valence-corrected chi connectivity index (χ0v) is 47.4. The van der Waals surface area contributed by atoms with Crippen molar-refractivity contribution in [3.05, 3.63) is 131 Å². The summed E-state index contributed by atoms with van der Waals surface area (Å²) in [4.78, 5) is 49.4. The SMILES string of the molecule is N#Cc1cccc(S(=O)(=O)N(CC(O)C(Cc2ccccc2)NC(=O)OC2COC3OCCC23)OC2CCCC2)c1.NC(=O)c1cccc(S(=O)(=O)N(CC(O)C(Cc2ccccc2)NC(=O)OC2COC3OCCC23)OC2CCCC2)c1. The van der Waals surface area contributed by atoms with E-state index in [9.17, 15) is 46.7 Å². The molecule has 0 bridgehead atoms. The molecule has 6 fully saturated rings. The molecule has 3 amide bonds. The van der Waals surface area contributed by atoms with Crippen molar-refractivity contribution in [2.75, 3.05) is 39.5 Å². The van der Waals surface area contributed by atoms with Gasteiger partial charge in [0, 0.05) is 5.56 Å². The smallest absolute Gasteiger partial charge is 0.407 e. The van der Waals surface area contributed by atoms with Gasteiger partial charge in [-0.25, -0.2) is 26.4 Å². The van der Waals surface area contributed by atoms with Gasteiger partial charge < -0.3 is 55.0 Å². The van der Waals surface area contributed by atoms with E-state index < -0.39 is 94.0 Å². The summed E-state index contributed by atoms with van der Waals surface area (Å²) in [5, 5.41) is 37.7. The van der Waals surface area contributed by atoms with E-state index in [1.54, 1.807) is 0 Å². The van der Waals surface area contributed by atoms with Gasteiger partial charge in [0.05, 0.1) is 109 Å². The summed E-state index contributed by atoms with van der Waals surface area (Å²) < 4.78 is 90.0. The van der Waals surface area contributed by atoms with Crippen LogP contribution in [0.25, 0.3) is 0 Å². The Morgan fingerprint density at radius 2 is 1.04 bits per heavy atom. The number of sulfonamides is 2. The highest BCUT2D eigenvalue weighted by atomic mass is 32.2. The number of nitriles is 1. The van der Waals surface area contributed by atoms with Gasteiger partial charge in [0.15, 0.2) is 12.6 Å². The minimum absolute atomic E-state index is 0.0228. The molecule has 10 atom stereocenters. The van der Waals surface area contributed by atoms with Gasteiger partial charge >= 0.3 is 12.2 Å². The second-order valence-electron chi connectivity index (χ2n) is 21.5. The lowest BCUT2D eigenvalue weighted by molar-refractivity contribution is -0.145. The van der Waals surface area contributed by atoms with Gasteiger partial charge in [0.25, 0.3) is 20.0 Å². The third-order valence-corrected chi connectivity index (χ3v) is 18.9. The maximum absolute atomic E-state index is 13.8. The number of hydrogen-bond acceptors (Lipinski definition) is 18. The first-order valence-corrected chi connectivity index (χ1v) is 31.1. The number of nitrogens with zero attached hydrogens (tertiary/aromatic N) is 3. The second kappa shape index (κ2) is 28.6. The van der Waals surface area contributed by atoms with E-state index in [1.165, 1.54) is 48.5 Å². The van der Waals surface area contributed by atoms with Gasteiger partial charge in [-0.2, -0.15) is 5.26 Å². The topological polar surface area (TPSA) is 314 Å². The molecule has 4 aromatic rings. The molecule has 25 heteroatoms. The molecular weight excluding hydrogens is 1120 g/mol. The summed E-state index contributed by atoms with van der Waals surface area (Å²) in [6.45, 7) is 0.563. The standard InChI is InChI=1S/C29H37N3O9S.C29H35N3O8S/c30-27(34)20-9-6-12-22(16-20)42(36,37)32(41-21-10-4-5-11-21)17-25(33)24(15-19-7-2-1-3-8-19)31-29(35)40-26-18-39-28-23(26)13-14-38-28;30-17-21-9-6-12-23(15-21)41(35,36)32(40-22-10-4-5-11-22)18-26(33)25(16-20-7-2-1-3-8-20)31-29(34)39-27-19-38-28-24(27)13-14-37-28/h1-3,6-9,12,16,21,23-26,28,33H,4-5,10-11,13-15,17-18H2,(H2,30,34)(H,31,35);1-3,6-9,12,15,22,24-28,33H,4-5,10-11,13-14,16,18-19H2,(H,31,34). The molecule has 448 valence electrons. The van der Waals surface area contributed by atoms with Crippen molar-refractivity contribution in [2.24, 2.45) is 17.6 Å². The van der Waals surface area contributed by atoms with E-state index in [0.717, 1.165) is 52.2 Å². The molecule has 0 spiro atoms. The first-order chi connectivity index (χ1) is 40.0.